The summed E-state index contributed by atoms with van der Waals surface area (Å²) in [6.07, 6.45) is 2.89. The highest BCUT2D eigenvalue weighted by atomic mass is 32.1. The average Bonchev–Trinajstić information content (AvgIpc) is 2.97. The van der Waals surface area contributed by atoms with Crippen LogP contribution in [0.5, 0.6) is 0 Å². The molecule has 1 aliphatic rings. The van der Waals surface area contributed by atoms with E-state index in [0.717, 1.165) is 37.0 Å². The molecule has 0 saturated carbocycles. The number of carbonyl (C=O) groups excluding carboxylic acids is 1. The Kier molecular flexibility index (Phi) is 5.88. The lowest BCUT2D eigenvalue weighted by Gasteiger charge is -2.17. The largest absolute Gasteiger partial charge is 0.333 e. The van der Waals surface area contributed by atoms with Crippen LogP contribution in [0.25, 0.3) is 0 Å². The first kappa shape index (κ1) is 19.5. The molecule has 0 fully saturated rings. The molecule has 0 unspecified atom stereocenters. The van der Waals surface area contributed by atoms with E-state index in [1.165, 1.54) is 22.3 Å². The molecular weight excluding hydrogens is 368 g/mol. The standard InChI is InChI=1S/C20H21F2N3OS/c1-11-3-5-14-15(9-23)20(27-18(14)7-11)25-19(26)10-24-12(2)13-4-6-16(21)17(22)8-13/h4,6,8,11-12,24H,3,5,7,10H2,1-2H3,(H,25,26)/p+1/t11-,12-/m1/s1. The number of fused-ring (bicyclic) bond motifs is 1. The number of amides is 1. The zero-order valence-electron chi connectivity index (χ0n) is 15.3. The Balaban J connectivity index is 1.63. The summed E-state index contributed by atoms with van der Waals surface area (Å²) >= 11 is 1.49. The van der Waals surface area contributed by atoms with Crippen molar-refractivity contribution in [1.29, 1.82) is 5.26 Å². The van der Waals surface area contributed by atoms with Crippen molar-refractivity contribution >= 4 is 22.2 Å². The van der Waals surface area contributed by atoms with E-state index in [9.17, 15) is 18.8 Å². The van der Waals surface area contributed by atoms with E-state index in [2.05, 4.69) is 18.3 Å². The van der Waals surface area contributed by atoms with Gasteiger partial charge in [-0.1, -0.05) is 6.92 Å². The van der Waals surface area contributed by atoms with Crippen molar-refractivity contribution in [2.75, 3.05) is 11.9 Å². The van der Waals surface area contributed by atoms with Gasteiger partial charge in [0.2, 0.25) is 0 Å². The number of nitrogens with two attached hydrogens (primary N) is 1. The summed E-state index contributed by atoms with van der Waals surface area (Å²) in [5.41, 5.74) is 2.28. The number of halogens is 2. The van der Waals surface area contributed by atoms with Crippen LogP contribution in [0.2, 0.25) is 0 Å². The first-order valence-electron chi connectivity index (χ1n) is 9.01. The zero-order chi connectivity index (χ0) is 19.6. The molecule has 142 valence electrons. The molecule has 1 aromatic heterocycles. The summed E-state index contributed by atoms with van der Waals surface area (Å²) in [5.74, 6) is -1.40. The highest BCUT2D eigenvalue weighted by Gasteiger charge is 2.25. The fraction of sp³-hybridized carbons (Fsp3) is 0.400. The molecule has 27 heavy (non-hydrogen) atoms. The van der Waals surface area contributed by atoms with Crippen LogP contribution in [-0.4, -0.2) is 12.5 Å². The molecule has 1 amide bonds. The summed E-state index contributed by atoms with van der Waals surface area (Å²) in [6, 6.07) is 5.79. The van der Waals surface area contributed by atoms with Crippen LogP contribution in [0.15, 0.2) is 18.2 Å². The van der Waals surface area contributed by atoms with Crippen molar-refractivity contribution in [3.63, 3.8) is 0 Å². The van der Waals surface area contributed by atoms with Gasteiger partial charge in [-0.25, -0.2) is 8.78 Å². The fourth-order valence-corrected chi connectivity index (χ4v) is 4.73. The van der Waals surface area contributed by atoms with Crippen LogP contribution < -0.4 is 10.6 Å². The van der Waals surface area contributed by atoms with E-state index in [1.807, 2.05) is 6.92 Å². The number of hydrogen-bond acceptors (Lipinski definition) is 3. The summed E-state index contributed by atoms with van der Waals surface area (Å²) in [5, 5.41) is 14.7. The Morgan fingerprint density at radius 2 is 2.22 bits per heavy atom. The molecule has 0 bridgehead atoms. The molecule has 0 saturated heterocycles. The molecule has 0 aliphatic heterocycles. The molecule has 2 atom stereocenters. The zero-order valence-corrected chi connectivity index (χ0v) is 16.1. The molecule has 7 heteroatoms. The minimum Gasteiger partial charge on any atom is -0.333 e. The van der Waals surface area contributed by atoms with Crippen LogP contribution in [0.3, 0.4) is 0 Å². The molecule has 1 heterocycles. The van der Waals surface area contributed by atoms with Crippen molar-refractivity contribution in [2.24, 2.45) is 5.92 Å². The molecular formula is C20H22F2N3OS+. The minimum atomic E-state index is -0.894. The molecule has 4 nitrogen and oxygen atoms in total. The Labute approximate surface area is 161 Å². The van der Waals surface area contributed by atoms with Gasteiger partial charge in [-0.15, -0.1) is 11.3 Å². The van der Waals surface area contributed by atoms with Gasteiger partial charge in [-0.2, -0.15) is 5.26 Å². The Hall–Kier alpha value is -2.30. The van der Waals surface area contributed by atoms with Crippen LogP contribution in [0.4, 0.5) is 13.8 Å². The molecule has 0 spiro atoms. The maximum absolute atomic E-state index is 13.4. The maximum Gasteiger partial charge on any atom is 0.280 e. The van der Waals surface area contributed by atoms with E-state index in [0.29, 0.717) is 22.0 Å². The lowest BCUT2D eigenvalue weighted by Crippen LogP contribution is -2.86. The van der Waals surface area contributed by atoms with E-state index in [-0.39, 0.29) is 18.5 Å². The molecule has 1 aliphatic carbocycles. The number of carbonyl (C=O) groups is 1. The Bertz CT molecular complexity index is 903. The number of hydrogen-bond donors (Lipinski definition) is 2. The van der Waals surface area contributed by atoms with Gasteiger partial charge >= 0.3 is 0 Å². The van der Waals surface area contributed by atoms with Gasteiger partial charge < -0.3 is 10.6 Å². The van der Waals surface area contributed by atoms with Gasteiger partial charge in [0, 0.05) is 10.4 Å². The third kappa shape index (κ3) is 4.34. The predicted octanol–water partition coefficient (Wildman–Crippen LogP) is 3.29. The van der Waals surface area contributed by atoms with Crippen molar-refractivity contribution in [3.8, 4) is 6.07 Å². The summed E-state index contributed by atoms with van der Waals surface area (Å²) in [6.45, 7) is 4.15. The monoisotopic (exact) mass is 390 g/mol. The van der Waals surface area contributed by atoms with E-state index in [1.54, 1.807) is 5.32 Å². The van der Waals surface area contributed by atoms with Gasteiger partial charge in [-0.3, -0.25) is 4.79 Å². The summed E-state index contributed by atoms with van der Waals surface area (Å²) in [4.78, 5) is 13.5. The second-order valence-electron chi connectivity index (χ2n) is 7.12. The summed E-state index contributed by atoms with van der Waals surface area (Å²) < 4.78 is 26.4. The predicted molar refractivity (Wildman–Crippen MR) is 100 cm³/mol. The number of benzene rings is 1. The molecule has 3 rings (SSSR count). The van der Waals surface area contributed by atoms with Crippen LogP contribution >= 0.6 is 11.3 Å². The van der Waals surface area contributed by atoms with Crippen molar-refractivity contribution in [3.05, 3.63) is 51.4 Å². The first-order valence-corrected chi connectivity index (χ1v) is 9.83. The number of nitriles is 1. The van der Waals surface area contributed by atoms with Crippen molar-refractivity contribution in [2.45, 2.75) is 39.2 Å². The second-order valence-corrected chi connectivity index (χ2v) is 8.22. The second kappa shape index (κ2) is 8.15. The highest BCUT2D eigenvalue weighted by Crippen LogP contribution is 2.39. The maximum atomic E-state index is 13.4. The average molecular weight is 390 g/mol. The van der Waals surface area contributed by atoms with Gasteiger partial charge in [0.15, 0.2) is 18.2 Å². The third-order valence-corrected chi connectivity index (χ3v) is 6.17. The number of rotatable bonds is 5. The number of thiophene rings is 1. The van der Waals surface area contributed by atoms with E-state index >= 15 is 0 Å². The first-order chi connectivity index (χ1) is 12.9. The molecule has 2 aromatic rings. The quantitative estimate of drug-likeness (QED) is 0.823. The normalized spacial score (nSPS) is 17.1. The SMILES string of the molecule is C[C@@H]1CCc2c(sc(NC(=O)C[NH2+][C@H](C)c3ccc(F)c(F)c3)c2C#N)C1. The number of anilines is 1. The van der Waals surface area contributed by atoms with Crippen LogP contribution in [-0.2, 0) is 17.6 Å². The lowest BCUT2D eigenvalue weighted by molar-refractivity contribution is -0.682. The van der Waals surface area contributed by atoms with Crippen molar-refractivity contribution in [1.82, 2.24) is 0 Å². The fourth-order valence-electron chi connectivity index (χ4n) is 3.35. The number of quaternary nitrogens is 1. The Morgan fingerprint density at radius 3 is 2.93 bits per heavy atom. The highest BCUT2D eigenvalue weighted by molar-refractivity contribution is 7.16. The van der Waals surface area contributed by atoms with Crippen LogP contribution in [0.1, 0.15) is 47.9 Å². The van der Waals surface area contributed by atoms with Gasteiger partial charge in [0.25, 0.3) is 5.91 Å². The summed E-state index contributed by atoms with van der Waals surface area (Å²) in [7, 11) is 0. The van der Waals surface area contributed by atoms with Gasteiger partial charge in [0.05, 0.1) is 5.56 Å². The van der Waals surface area contributed by atoms with Gasteiger partial charge in [-0.05, 0) is 55.9 Å². The van der Waals surface area contributed by atoms with Crippen molar-refractivity contribution < 1.29 is 18.9 Å². The van der Waals surface area contributed by atoms with E-state index in [4.69, 9.17) is 0 Å². The van der Waals surface area contributed by atoms with Gasteiger partial charge in [0.1, 0.15) is 17.1 Å². The smallest absolute Gasteiger partial charge is 0.280 e. The van der Waals surface area contributed by atoms with E-state index < -0.39 is 11.6 Å². The minimum absolute atomic E-state index is 0.129. The number of nitrogens with one attached hydrogen (secondary N) is 1. The molecule has 3 N–H and O–H groups in total. The third-order valence-electron chi connectivity index (χ3n) is 5.00. The molecule has 1 aromatic carbocycles. The topological polar surface area (TPSA) is 69.5 Å². The lowest BCUT2D eigenvalue weighted by atomic mass is 9.89. The Morgan fingerprint density at radius 1 is 1.44 bits per heavy atom. The number of nitrogens with zero attached hydrogens (tertiary/aromatic N) is 1. The van der Waals surface area contributed by atoms with Crippen LogP contribution in [0, 0.1) is 28.9 Å². The molecule has 0 radical (unpaired) electrons.